The zero-order chi connectivity index (χ0) is 13.3. The van der Waals surface area contributed by atoms with E-state index in [1.165, 1.54) is 26.3 Å². The number of nitriles is 1. The zero-order valence-corrected chi connectivity index (χ0v) is 9.86. The minimum absolute atomic E-state index is 0.193. The van der Waals surface area contributed by atoms with Gasteiger partial charge in [0.15, 0.2) is 11.3 Å². The number of aromatic nitrogens is 5. The van der Waals surface area contributed by atoms with Crippen molar-refractivity contribution in [3.05, 3.63) is 12.4 Å². The second-order valence-electron chi connectivity index (χ2n) is 4.14. The molecule has 8 heteroatoms. The van der Waals surface area contributed by atoms with Crippen molar-refractivity contribution in [3.8, 4) is 6.07 Å². The van der Waals surface area contributed by atoms with Crippen molar-refractivity contribution in [2.45, 2.75) is 19.4 Å². The molecule has 0 aromatic carbocycles. The number of hydrogen-bond acceptors (Lipinski definition) is 7. The molecule has 2 heterocycles. The minimum atomic E-state index is -1.27. The van der Waals surface area contributed by atoms with Crippen LogP contribution in [0, 0.1) is 11.3 Å². The van der Waals surface area contributed by atoms with E-state index in [-0.39, 0.29) is 11.5 Å². The van der Waals surface area contributed by atoms with Gasteiger partial charge in [0.1, 0.15) is 17.6 Å². The third-order valence-electron chi connectivity index (χ3n) is 2.26. The van der Waals surface area contributed by atoms with E-state index in [1.807, 2.05) is 6.07 Å². The first-order valence-electron chi connectivity index (χ1n) is 5.10. The van der Waals surface area contributed by atoms with Gasteiger partial charge in [0, 0.05) is 6.08 Å². The quantitative estimate of drug-likeness (QED) is 0.709. The molecule has 18 heavy (non-hydrogen) atoms. The summed E-state index contributed by atoms with van der Waals surface area (Å²) in [5.74, 6) is 0.193. The summed E-state index contributed by atoms with van der Waals surface area (Å²) >= 11 is 0. The lowest BCUT2D eigenvalue weighted by atomic mass is 10.1. The molecular weight excluding hydrogens is 234 g/mol. The monoisotopic (exact) mass is 245 g/mol. The molecule has 3 N–H and O–H groups in total. The smallest absolute Gasteiger partial charge is 0.207 e. The first-order valence-corrected chi connectivity index (χ1v) is 5.10. The summed E-state index contributed by atoms with van der Waals surface area (Å²) in [6.07, 6.45) is 2.44. The van der Waals surface area contributed by atoms with Gasteiger partial charge in [-0.05, 0) is 13.8 Å². The molecule has 0 aliphatic rings. The zero-order valence-electron chi connectivity index (χ0n) is 9.86. The van der Waals surface area contributed by atoms with Crippen LogP contribution >= 0.6 is 0 Å². The maximum atomic E-state index is 9.97. The molecule has 0 amide bonds. The SMILES string of the molecule is CC(C)(O)/C(=C/C#N)n1nc2ncnc(N)c2n1. The van der Waals surface area contributed by atoms with Gasteiger partial charge >= 0.3 is 0 Å². The maximum Gasteiger partial charge on any atom is 0.207 e. The second kappa shape index (κ2) is 4.05. The molecular formula is C10H11N7O. The van der Waals surface area contributed by atoms with Crippen LogP contribution in [0.4, 0.5) is 5.82 Å². The molecule has 2 rings (SSSR count). The van der Waals surface area contributed by atoms with E-state index in [0.29, 0.717) is 11.2 Å². The van der Waals surface area contributed by atoms with Gasteiger partial charge < -0.3 is 10.8 Å². The van der Waals surface area contributed by atoms with E-state index in [2.05, 4.69) is 20.2 Å². The molecule has 92 valence electrons. The highest BCUT2D eigenvalue weighted by Gasteiger charge is 2.24. The summed E-state index contributed by atoms with van der Waals surface area (Å²) in [5, 5.41) is 26.8. The molecule has 0 saturated carbocycles. The van der Waals surface area contributed by atoms with Crippen LogP contribution in [0.1, 0.15) is 13.8 Å². The third-order valence-corrected chi connectivity index (χ3v) is 2.26. The number of rotatable bonds is 2. The lowest BCUT2D eigenvalue weighted by molar-refractivity contribution is 0.135. The Morgan fingerprint density at radius 2 is 2.22 bits per heavy atom. The number of fused-ring (bicyclic) bond motifs is 1. The van der Waals surface area contributed by atoms with Crippen LogP contribution < -0.4 is 5.73 Å². The average molecular weight is 245 g/mol. The summed E-state index contributed by atoms with van der Waals surface area (Å²) in [6, 6.07) is 1.84. The van der Waals surface area contributed by atoms with Crippen molar-refractivity contribution in [1.82, 2.24) is 25.0 Å². The van der Waals surface area contributed by atoms with E-state index >= 15 is 0 Å². The van der Waals surface area contributed by atoms with Crippen molar-refractivity contribution in [2.75, 3.05) is 5.73 Å². The second-order valence-corrected chi connectivity index (χ2v) is 4.14. The minimum Gasteiger partial charge on any atom is -0.384 e. The number of allylic oxidation sites excluding steroid dienone is 1. The standard InChI is InChI=1S/C10H11N7O/c1-10(2,18)6(3-4-11)17-15-7-8(12)13-5-14-9(7)16-17/h3,5,18H,1-2H3,(H2,12,13,14,16)/b6-3-. The predicted molar refractivity (Wildman–Crippen MR) is 63.7 cm³/mol. The lowest BCUT2D eigenvalue weighted by Gasteiger charge is -2.19. The number of nitrogens with zero attached hydrogens (tertiary/aromatic N) is 6. The Morgan fingerprint density at radius 1 is 1.50 bits per heavy atom. The van der Waals surface area contributed by atoms with Gasteiger partial charge in [-0.15, -0.1) is 15.0 Å². The van der Waals surface area contributed by atoms with Gasteiger partial charge in [0.05, 0.1) is 6.07 Å². The van der Waals surface area contributed by atoms with Crippen molar-refractivity contribution >= 4 is 22.7 Å². The van der Waals surface area contributed by atoms with Crippen molar-refractivity contribution in [2.24, 2.45) is 0 Å². The topological polar surface area (TPSA) is 127 Å². The van der Waals surface area contributed by atoms with Gasteiger partial charge in [0.25, 0.3) is 0 Å². The number of nitrogens with two attached hydrogens (primary N) is 1. The average Bonchev–Trinajstić information content (AvgIpc) is 2.69. The molecule has 0 atom stereocenters. The molecule has 0 aliphatic carbocycles. The van der Waals surface area contributed by atoms with Crippen LogP contribution in [-0.4, -0.2) is 35.7 Å². The Kier molecular flexibility index (Phi) is 2.68. The number of aliphatic hydroxyl groups is 1. The fraction of sp³-hybridized carbons (Fsp3) is 0.300. The predicted octanol–water partition coefficient (Wildman–Crippen LogP) is -0.0611. The van der Waals surface area contributed by atoms with Crippen molar-refractivity contribution in [3.63, 3.8) is 0 Å². The summed E-state index contributed by atoms with van der Waals surface area (Å²) in [7, 11) is 0. The molecule has 2 aromatic heterocycles. The van der Waals surface area contributed by atoms with E-state index in [1.54, 1.807) is 0 Å². The van der Waals surface area contributed by atoms with E-state index in [4.69, 9.17) is 11.0 Å². The fourth-order valence-electron chi connectivity index (χ4n) is 1.41. The molecule has 0 spiro atoms. The molecule has 0 bridgehead atoms. The van der Waals surface area contributed by atoms with Crippen LogP contribution in [0.2, 0.25) is 0 Å². The fourth-order valence-corrected chi connectivity index (χ4v) is 1.41. The van der Waals surface area contributed by atoms with Crippen LogP contribution in [0.5, 0.6) is 0 Å². The van der Waals surface area contributed by atoms with Crippen molar-refractivity contribution in [1.29, 1.82) is 5.26 Å². The third kappa shape index (κ3) is 1.99. The highest BCUT2D eigenvalue weighted by molar-refractivity contribution is 5.80. The van der Waals surface area contributed by atoms with Gasteiger partial charge in [-0.2, -0.15) is 5.26 Å². The van der Waals surface area contributed by atoms with Gasteiger partial charge in [-0.25, -0.2) is 9.97 Å². The van der Waals surface area contributed by atoms with Crippen molar-refractivity contribution < 1.29 is 5.11 Å². The number of hydrogen-bond donors (Lipinski definition) is 2. The Morgan fingerprint density at radius 3 is 2.78 bits per heavy atom. The highest BCUT2D eigenvalue weighted by Crippen LogP contribution is 2.21. The normalized spacial score (nSPS) is 12.7. The van der Waals surface area contributed by atoms with Crippen LogP contribution in [-0.2, 0) is 0 Å². The Bertz CT molecular complexity index is 659. The van der Waals surface area contributed by atoms with Gasteiger partial charge in [0.2, 0.25) is 5.65 Å². The van der Waals surface area contributed by atoms with Crippen LogP contribution in [0.25, 0.3) is 16.9 Å². The number of anilines is 1. The summed E-state index contributed by atoms with van der Waals surface area (Å²) < 4.78 is 0. The van der Waals surface area contributed by atoms with E-state index < -0.39 is 5.60 Å². The first-order chi connectivity index (χ1) is 8.43. The molecule has 0 aliphatic heterocycles. The van der Waals surface area contributed by atoms with Gasteiger partial charge in [-0.3, -0.25) is 0 Å². The molecule has 0 radical (unpaired) electrons. The largest absolute Gasteiger partial charge is 0.384 e. The highest BCUT2D eigenvalue weighted by atomic mass is 16.3. The maximum absolute atomic E-state index is 9.97. The Labute approximate surface area is 102 Å². The molecule has 0 unspecified atom stereocenters. The Balaban J connectivity index is 2.64. The Hall–Kier alpha value is -2.53. The summed E-state index contributed by atoms with van der Waals surface area (Å²) in [6.45, 7) is 3.05. The molecule has 0 fully saturated rings. The molecule has 0 saturated heterocycles. The van der Waals surface area contributed by atoms with Crippen LogP contribution in [0.15, 0.2) is 12.4 Å². The van der Waals surface area contributed by atoms with E-state index in [0.717, 1.165) is 4.80 Å². The van der Waals surface area contributed by atoms with Gasteiger partial charge in [-0.1, -0.05) is 0 Å². The van der Waals surface area contributed by atoms with E-state index in [9.17, 15) is 5.11 Å². The first kappa shape index (κ1) is 11.9. The number of nitrogen functional groups attached to an aromatic ring is 1. The molecule has 8 nitrogen and oxygen atoms in total. The summed E-state index contributed by atoms with van der Waals surface area (Å²) in [5.41, 5.74) is 5.22. The summed E-state index contributed by atoms with van der Waals surface area (Å²) in [4.78, 5) is 8.84. The van der Waals surface area contributed by atoms with Crippen LogP contribution in [0.3, 0.4) is 0 Å². The lowest BCUT2D eigenvalue weighted by Crippen LogP contribution is -2.26. The molecule has 2 aromatic rings.